The second-order valence-electron chi connectivity index (χ2n) is 5.35. The van der Waals surface area contributed by atoms with Gasteiger partial charge in [0.1, 0.15) is 11.6 Å². The zero-order chi connectivity index (χ0) is 15.3. The zero-order valence-electron chi connectivity index (χ0n) is 11.7. The normalized spacial score (nSPS) is 17.5. The summed E-state index contributed by atoms with van der Waals surface area (Å²) < 4.78 is 31.6. The molecular weight excluding hydrogens is 280 g/mol. The summed E-state index contributed by atoms with van der Waals surface area (Å²) in [5, 5.41) is 12.8. The Morgan fingerprint density at radius 2 is 2.05 bits per heavy atom. The average Bonchev–Trinajstić information content (AvgIpc) is 2.47. The molecule has 6 heteroatoms. The second-order valence-corrected chi connectivity index (χ2v) is 5.35. The topological polar surface area (TPSA) is 58.6 Å². The highest BCUT2D eigenvalue weighted by molar-refractivity contribution is 5.76. The van der Waals surface area contributed by atoms with Crippen molar-refractivity contribution in [2.75, 3.05) is 19.8 Å². The van der Waals surface area contributed by atoms with Crippen LogP contribution in [0.2, 0.25) is 0 Å². The Morgan fingerprint density at radius 3 is 2.76 bits per heavy atom. The third kappa shape index (κ3) is 4.75. The molecule has 1 aromatic rings. The first-order valence-electron chi connectivity index (χ1n) is 6.99. The number of aryl methyl sites for hydroxylation is 1. The Kier molecular flexibility index (Phi) is 5.25. The summed E-state index contributed by atoms with van der Waals surface area (Å²) in [6.07, 6.45) is 1.13. The highest BCUT2D eigenvalue weighted by Crippen LogP contribution is 2.19. The van der Waals surface area contributed by atoms with Crippen molar-refractivity contribution >= 4 is 5.91 Å². The minimum absolute atomic E-state index is 0.0486. The summed E-state index contributed by atoms with van der Waals surface area (Å²) in [6, 6.07) is 3.18. The van der Waals surface area contributed by atoms with Gasteiger partial charge in [0.15, 0.2) is 0 Å². The molecule has 1 aromatic carbocycles. The number of carbonyl (C=O) groups is 1. The van der Waals surface area contributed by atoms with Gasteiger partial charge in [-0.2, -0.15) is 0 Å². The highest BCUT2D eigenvalue weighted by atomic mass is 19.1. The number of halogens is 2. The molecule has 0 saturated carbocycles. The Balaban J connectivity index is 1.78. The SMILES string of the molecule is O=C(CCc1cc(F)ccc1F)NCC1(O)CCOCC1. The zero-order valence-corrected chi connectivity index (χ0v) is 11.7. The molecule has 116 valence electrons. The summed E-state index contributed by atoms with van der Waals surface area (Å²) in [5.41, 5.74) is -0.757. The molecule has 2 rings (SSSR count). The molecule has 1 saturated heterocycles. The molecule has 0 aromatic heterocycles. The van der Waals surface area contributed by atoms with Gasteiger partial charge in [-0.05, 0) is 30.2 Å². The third-order valence-electron chi connectivity index (χ3n) is 3.67. The Morgan fingerprint density at radius 1 is 1.33 bits per heavy atom. The number of ether oxygens (including phenoxy) is 1. The van der Waals surface area contributed by atoms with Crippen LogP contribution in [-0.2, 0) is 16.0 Å². The van der Waals surface area contributed by atoms with Crippen LogP contribution in [0.15, 0.2) is 18.2 Å². The molecule has 1 heterocycles. The van der Waals surface area contributed by atoms with Crippen molar-refractivity contribution in [3.63, 3.8) is 0 Å². The number of nitrogens with one attached hydrogen (secondary N) is 1. The molecule has 2 N–H and O–H groups in total. The van der Waals surface area contributed by atoms with Crippen LogP contribution in [-0.4, -0.2) is 36.4 Å². The average molecular weight is 299 g/mol. The van der Waals surface area contributed by atoms with E-state index in [9.17, 15) is 18.7 Å². The number of hydrogen-bond donors (Lipinski definition) is 2. The van der Waals surface area contributed by atoms with Gasteiger partial charge in [-0.15, -0.1) is 0 Å². The van der Waals surface area contributed by atoms with Crippen molar-refractivity contribution in [2.24, 2.45) is 0 Å². The molecule has 0 radical (unpaired) electrons. The molecule has 0 bridgehead atoms. The third-order valence-corrected chi connectivity index (χ3v) is 3.67. The van der Waals surface area contributed by atoms with E-state index < -0.39 is 17.2 Å². The Bertz CT molecular complexity index is 502. The fourth-order valence-electron chi connectivity index (χ4n) is 2.26. The van der Waals surface area contributed by atoms with Crippen LogP contribution in [0.1, 0.15) is 24.8 Å². The van der Waals surface area contributed by atoms with Crippen molar-refractivity contribution in [2.45, 2.75) is 31.3 Å². The van der Waals surface area contributed by atoms with Crippen molar-refractivity contribution in [3.8, 4) is 0 Å². The van der Waals surface area contributed by atoms with Gasteiger partial charge in [0, 0.05) is 39.0 Å². The van der Waals surface area contributed by atoms with Gasteiger partial charge in [0.25, 0.3) is 0 Å². The van der Waals surface area contributed by atoms with Crippen LogP contribution >= 0.6 is 0 Å². The van der Waals surface area contributed by atoms with Crippen molar-refractivity contribution in [1.82, 2.24) is 5.32 Å². The second kappa shape index (κ2) is 6.95. The lowest BCUT2D eigenvalue weighted by atomic mass is 9.94. The number of amides is 1. The van der Waals surface area contributed by atoms with E-state index in [0.29, 0.717) is 26.1 Å². The summed E-state index contributed by atoms with van der Waals surface area (Å²) in [4.78, 5) is 11.7. The molecule has 0 spiro atoms. The first-order chi connectivity index (χ1) is 9.98. The molecule has 0 atom stereocenters. The van der Waals surface area contributed by atoms with Crippen LogP contribution in [0, 0.1) is 11.6 Å². The van der Waals surface area contributed by atoms with Gasteiger partial charge >= 0.3 is 0 Å². The first kappa shape index (κ1) is 15.9. The summed E-state index contributed by atoms with van der Waals surface area (Å²) >= 11 is 0. The quantitative estimate of drug-likeness (QED) is 0.867. The number of benzene rings is 1. The van der Waals surface area contributed by atoms with Crippen molar-refractivity contribution in [3.05, 3.63) is 35.4 Å². The lowest BCUT2D eigenvalue weighted by molar-refractivity contribution is -0.123. The number of hydrogen-bond acceptors (Lipinski definition) is 3. The van der Waals surface area contributed by atoms with Crippen LogP contribution in [0.25, 0.3) is 0 Å². The van der Waals surface area contributed by atoms with Crippen LogP contribution in [0.3, 0.4) is 0 Å². The van der Waals surface area contributed by atoms with E-state index in [2.05, 4.69) is 5.32 Å². The summed E-state index contributed by atoms with van der Waals surface area (Å²) in [6.45, 7) is 1.10. The highest BCUT2D eigenvalue weighted by Gasteiger charge is 2.29. The smallest absolute Gasteiger partial charge is 0.220 e. The van der Waals surface area contributed by atoms with E-state index in [1.807, 2.05) is 0 Å². The predicted molar refractivity (Wildman–Crippen MR) is 72.7 cm³/mol. The van der Waals surface area contributed by atoms with Crippen molar-refractivity contribution < 1.29 is 23.4 Å². The van der Waals surface area contributed by atoms with Gasteiger partial charge in [-0.1, -0.05) is 0 Å². The molecular formula is C15H19F2NO3. The van der Waals surface area contributed by atoms with Gasteiger partial charge in [0.2, 0.25) is 5.91 Å². The summed E-state index contributed by atoms with van der Waals surface area (Å²) in [7, 11) is 0. The van der Waals surface area contributed by atoms with Crippen molar-refractivity contribution in [1.29, 1.82) is 0 Å². The van der Waals surface area contributed by atoms with Crippen LogP contribution in [0.5, 0.6) is 0 Å². The van der Waals surface area contributed by atoms with E-state index in [-0.39, 0.29) is 30.9 Å². The number of carbonyl (C=O) groups excluding carboxylic acids is 1. The molecule has 4 nitrogen and oxygen atoms in total. The van der Waals surface area contributed by atoms with Crippen LogP contribution < -0.4 is 5.32 Å². The molecule has 0 aliphatic carbocycles. The maximum absolute atomic E-state index is 13.4. The fourth-order valence-corrected chi connectivity index (χ4v) is 2.26. The largest absolute Gasteiger partial charge is 0.388 e. The maximum Gasteiger partial charge on any atom is 0.220 e. The maximum atomic E-state index is 13.4. The van der Waals surface area contributed by atoms with E-state index in [1.165, 1.54) is 0 Å². The van der Waals surface area contributed by atoms with E-state index >= 15 is 0 Å². The molecule has 1 amide bonds. The summed E-state index contributed by atoms with van der Waals surface area (Å²) in [5.74, 6) is -1.34. The lowest BCUT2D eigenvalue weighted by Crippen LogP contribution is -2.46. The van der Waals surface area contributed by atoms with Gasteiger partial charge in [0.05, 0.1) is 5.60 Å². The number of rotatable bonds is 5. The predicted octanol–water partition coefficient (Wildman–Crippen LogP) is 1.56. The molecule has 1 aliphatic rings. The van der Waals surface area contributed by atoms with E-state index in [4.69, 9.17) is 4.74 Å². The molecule has 1 fully saturated rings. The van der Waals surface area contributed by atoms with Gasteiger partial charge in [-0.25, -0.2) is 8.78 Å². The number of aliphatic hydroxyl groups is 1. The Hall–Kier alpha value is -1.53. The molecule has 21 heavy (non-hydrogen) atoms. The first-order valence-corrected chi connectivity index (χ1v) is 6.99. The Labute approximate surface area is 122 Å². The van der Waals surface area contributed by atoms with E-state index in [1.54, 1.807) is 0 Å². The minimum atomic E-state index is -0.933. The van der Waals surface area contributed by atoms with Gasteiger partial charge in [-0.3, -0.25) is 4.79 Å². The molecule has 1 aliphatic heterocycles. The van der Waals surface area contributed by atoms with Crippen LogP contribution in [0.4, 0.5) is 8.78 Å². The minimum Gasteiger partial charge on any atom is -0.388 e. The molecule has 0 unspecified atom stereocenters. The van der Waals surface area contributed by atoms with E-state index in [0.717, 1.165) is 18.2 Å². The fraction of sp³-hybridized carbons (Fsp3) is 0.533. The van der Waals surface area contributed by atoms with Gasteiger partial charge < -0.3 is 15.2 Å². The monoisotopic (exact) mass is 299 g/mol. The standard InChI is InChI=1S/C15H19F2NO3/c16-12-2-3-13(17)11(9-12)1-4-14(19)18-10-15(20)5-7-21-8-6-15/h2-3,9,20H,1,4-8,10H2,(H,18,19). The lowest BCUT2D eigenvalue weighted by Gasteiger charge is -2.32.